The van der Waals surface area contributed by atoms with Crippen LogP contribution in [0, 0.1) is 17.8 Å². The summed E-state index contributed by atoms with van der Waals surface area (Å²) in [6, 6.07) is 0. The number of amides is 1. The Balaban J connectivity index is 4.09. The number of aliphatic carboxylic acids is 1. The van der Waals surface area contributed by atoms with Gasteiger partial charge >= 0.3 is 5.97 Å². The maximum absolute atomic E-state index is 11.9. The molecule has 0 aromatic heterocycles. The highest BCUT2D eigenvalue weighted by Gasteiger charge is 2.21. The zero-order valence-electron chi connectivity index (χ0n) is 11.3. The van der Waals surface area contributed by atoms with Crippen LogP contribution in [0.5, 0.6) is 0 Å². The average molecular weight is 243 g/mol. The third kappa shape index (κ3) is 6.97. The standard InChI is InChI=1S/C13H25NO3/c1-5-6-11(9(2)3)13(17)14-8-10(4)7-12(15)16/h9-11H,5-8H2,1-4H3,(H,14,17)(H,15,16). The molecule has 2 atom stereocenters. The number of carbonyl (C=O) groups excluding carboxylic acids is 1. The van der Waals surface area contributed by atoms with E-state index in [1.165, 1.54) is 0 Å². The molecular weight excluding hydrogens is 218 g/mol. The molecule has 4 heteroatoms. The Hall–Kier alpha value is -1.06. The van der Waals surface area contributed by atoms with Crippen molar-refractivity contribution in [3.63, 3.8) is 0 Å². The van der Waals surface area contributed by atoms with Gasteiger partial charge in [-0.15, -0.1) is 0 Å². The van der Waals surface area contributed by atoms with Gasteiger partial charge < -0.3 is 10.4 Å². The molecule has 2 unspecified atom stereocenters. The van der Waals surface area contributed by atoms with Gasteiger partial charge in [-0.2, -0.15) is 0 Å². The van der Waals surface area contributed by atoms with Crippen molar-refractivity contribution in [3.8, 4) is 0 Å². The van der Waals surface area contributed by atoms with E-state index in [-0.39, 0.29) is 24.2 Å². The monoisotopic (exact) mass is 243 g/mol. The summed E-state index contributed by atoms with van der Waals surface area (Å²) >= 11 is 0. The minimum Gasteiger partial charge on any atom is -0.481 e. The van der Waals surface area contributed by atoms with Crippen LogP contribution in [-0.2, 0) is 9.59 Å². The molecule has 0 saturated carbocycles. The smallest absolute Gasteiger partial charge is 0.303 e. The molecule has 0 aliphatic rings. The predicted molar refractivity (Wildman–Crippen MR) is 67.7 cm³/mol. The van der Waals surface area contributed by atoms with Gasteiger partial charge in [-0.05, 0) is 18.3 Å². The van der Waals surface area contributed by atoms with Gasteiger partial charge in [0.15, 0.2) is 0 Å². The Morgan fingerprint density at radius 1 is 1.24 bits per heavy atom. The van der Waals surface area contributed by atoms with Gasteiger partial charge in [0.1, 0.15) is 0 Å². The Bertz CT molecular complexity index is 251. The Labute approximate surface area is 104 Å². The summed E-state index contributed by atoms with van der Waals surface area (Å²) in [6.45, 7) is 8.42. The number of hydrogen-bond donors (Lipinski definition) is 2. The van der Waals surface area contributed by atoms with E-state index in [2.05, 4.69) is 12.2 Å². The summed E-state index contributed by atoms with van der Waals surface area (Å²) in [6.07, 6.45) is 1.97. The first-order valence-corrected chi connectivity index (χ1v) is 6.37. The molecule has 0 aliphatic carbocycles. The van der Waals surface area contributed by atoms with Gasteiger partial charge in [-0.25, -0.2) is 0 Å². The molecule has 0 bridgehead atoms. The van der Waals surface area contributed by atoms with Gasteiger partial charge in [0, 0.05) is 18.9 Å². The van der Waals surface area contributed by atoms with E-state index in [1.807, 2.05) is 20.8 Å². The summed E-state index contributed by atoms with van der Waals surface area (Å²) in [5.74, 6) is -0.424. The molecule has 2 N–H and O–H groups in total. The lowest BCUT2D eigenvalue weighted by Gasteiger charge is -2.20. The molecular formula is C13H25NO3. The molecule has 100 valence electrons. The van der Waals surface area contributed by atoms with E-state index in [0.717, 1.165) is 12.8 Å². The first-order chi connectivity index (χ1) is 7.88. The van der Waals surface area contributed by atoms with Crippen molar-refractivity contribution in [1.82, 2.24) is 5.32 Å². The zero-order chi connectivity index (χ0) is 13.4. The van der Waals surface area contributed by atoms with Crippen molar-refractivity contribution < 1.29 is 14.7 Å². The number of carboxylic acid groups (broad SMARTS) is 1. The van der Waals surface area contributed by atoms with Crippen molar-refractivity contribution in [2.24, 2.45) is 17.8 Å². The number of carboxylic acids is 1. The number of hydrogen-bond acceptors (Lipinski definition) is 2. The van der Waals surface area contributed by atoms with Crippen LogP contribution in [0.15, 0.2) is 0 Å². The van der Waals surface area contributed by atoms with Gasteiger partial charge in [0.2, 0.25) is 5.91 Å². The van der Waals surface area contributed by atoms with Gasteiger partial charge in [-0.1, -0.05) is 34.1 Å². The third-order valence-corrected chi connectivity index (χ3v) is 2.89. The lowest BCUT2D eigenvalue weighted by molar-refractivity contribution is -0.138. The summed E-state index contributed by atoms with van der Waals surface area (Å²) in [7, 11) is 0. The molecule has 0 spiro atoms. The van der Waals surface area contributed by atoms with Crippen LogP contribution < -0.4 is 5.32 Å². The average Bonchev–Trinajstić information content (AvgIpc) is 2.21. The normalized spacial score (nSPS) is 14.4. The van der Waals surface area contributed by atoms with Crippen molar-refractivity contribution >= 4 is 11.9 Å². The van der Waals surface area contributed by atoms with Crippen LogP contribution in [0.25, 0.3) is 0 Å². The van der Waals surface area contributed by atoms with E-state index in [1.54, 1.807) is 0 Å². The van der Waals surface area contributed by atoms with Gasteiger partial charge in [0.25, 0.3) is 0 Å². The second-order valence-corrected chi connectivity index (χ2v) is 5.09. The summed E-state index contributed by atoms with van der Waals surface area (Å²) in [4.78, 5) is 22.4. The molecule has 0 aromatic rings. The van der Waals surface area contributed by atoms with Gasteiger partial charge in [-0.3, -0.25) is 9.59 Å². The molecule has 4 nitrogen and oxygen atoms in total. The fourth-order valence-electron chi connectivity index (χ4n) is 1.85. The van der Waals surface area contributed by atoms with Crippen LogP contribution in [0.1, 0.15) is 47.0 Å². The first-order valence-electron chi connectivity index (χ1n) is 6.37. The number of rotatable bonds is 8. The minimum absolute atomic E-state index is 0.0223. The van der Waals surface area contributed by atoms with Crippen LogP contribution in [0.2, 0.25) is 0 Å². The lowest BCUT2D eigenvalue weighted by Crippen LogP contribution is -2.36. The molecule has 0 aromatic carbocycles. The third-order valence-electron chi connectivity index (χ3n) is 2.89. The fourth-order valence-corrected chi connectivity index (χ4v) is 1.85. The minimum atomic E-state index is -0.819. The largest absolute Gasteiger partial charge is 0.481 e. The topological polar surface area (TPSA) is 66.4 Å². The molecule has 0 aliphatic heterocycles. The Morgan fingerprint density at radius 3 is 2.24 bits per heavy atom. The summed E-state index contributed by atoms with van der Waals surface area (Å²) < 4.78 is 0. The maximum atomic E-state index is 11.9. The van der Waals surface area contributed by atoms with Crippen molar-refractivity contribution in [3.05, 3.63) is 0 Å². The fraction of sp³-hybridized carbons (Fsp3) is 0.846. The molecule has 17 heavy (non-hydrogen) atoms. The number of nitrogens with one attached hydrogen (secondary N) is 1. The highest BCUT2D eigenvalue weighted by atomic mass is 16.4. The first kappa shape index (κ1) is 15.9. The van der Waals surface area contributed by atoms with E-state index >= 15 is 0 Å². The highest BCUT2D eigenvalue weighted by molar-refractivity contribution is 5.78. The second kappa shape index (κ2) is 8.09. The molecule has 0 rings (SSSR count). The van der Waals surface area contributed by atoms with Crippen molar-refractivity contribution in [2.75, 3.05) is 6.54 Å². The van der Waals surface area contributed by atoms with E-state index in [4.69, 9.17) is 5.11 Å². The molecule has 1 amide bonds. The Kier molecular flexibility index (Phi) is 7.59. The Morgan fingerprint density at radius 2 is 1.82 bits per heavy atom. The molecule has 0 radical (unpaired) electrons. The van der Waals surface area contributed by atoms with E-state index in [9.17, 15) is 9.59 Å². The SMILES string of the molecule is CCCC(C(=O)NCC(C)CC(=O)O)C(C)C. The quantitative estimate of drug-likeness (QED) is 0.687. The van der Waals surface area contributed by atoms with Gasteiger partial charge in [0.05, 0.1) is 0 Å². The van der Waals surface area contributed by atoms with E-state index in [0.29, 0.717) is 12.5 Å². The van der Waals surface area contributed by atoms with Crippen LogP contribution in [-0.4, -0.2) is 23.5 Å². The summed E-state index contributed by atoms with van der Waals surface area (Å²) in [5, 5.41) is 11.5. The van der Waals surface area contributed by atoms with Crippen LogP contribution in [0.3, 0.4) is 0 Å². The number of carbonyl (C=O) groups is 2. The molecule has 0 heterocycles. The van der Waals surface area contributed by atoms with Crippen LogP contribution >= 0.6 is 0 Å². The lowest BCUT2D eigenvalue weighted by atomic mass is 9.90. The molecule has 0 fully saturated rings. The van der Waals surface area contributed by atoms with E-state index < -0.39 is 5.97 Å². The van der Waals surface area contributed by atoms with Crippen molar-refractivity contribution in [1.29, 1.82) is 0 Å². The second-order valence-electron chi connectivity index (χ2n) is 5.09. The molecule has 0 saturated heterocycles. The highest BCUT2D eigenvalue weighted by Crippen LogP contribution is 2.17. The summed E-state index contributed by atoms with van der Waals surface area (Å²) in [5.41, 5.74) is 0. The van der Waals surface area contributed by atoms with Crippen molar-refractivity contribution in [2.45, 2.75) is 47.0 Å². The predicted octanol–water partition coefficient (Wildman–Crippen LogP) is 2.29. The van der Waals surface area contributed by atoms with Crippen LogP contribution in [0.4, 0.5) is 0 Å². The zero-order valence-corrected chi connectivity index (χ0v) is 11.3. The maximum Gasteiger partial charge on any atom is 0.303 e.